The van der Waals surface area contributed by atoms with Gasteiger partial charge in [-0.2, -0.15) is 4.67 Å². The molecule has 1 aliphatic heterocycles. The molecule has 0 saturated carbocycles. The zero-order valence-corrected chi connectivity index (χ0v) is 5.36. The second-order valence-electron chi connectivity index (χ2n) is 1.96. The second kappa shape index (κ2) is 1.48. The Morgan fingerprint density at radius 3 is 1.83 bits per heavy atom. The van der Waals surface area contributed by atoms with Gasteiger partial charge in [-0.15, -0.1) is 0 Å². The fourth-order valence-corrected chi connectivity index (χ4v) is 1.84. The van der Waals surface area contributed by atoms with E-state index in [1.165, 1.54) is 12.3 Å². The number of rotatable bonds is 1. The number of hydrogen-bond acceptors (Lipinski definition) is 1. The lowest BCUT2D eigenvalue weighted by Gasteiger charge is -1.94. The first-order valence-electron chi connectivity index (χ1n) is 2.33. The van der Waals surface area contributed by atoms with Gasteiger partial charge in [-0.1, -0.05) is 0 Å². The van der Waals surface area contributed by atoms with Gasteiger partial charge in [0.2, 0.25) is 0 Å². The summed E-state index contributed by atoms with van der Waals surface area (Å²) in [7, 11) is 4.50. The molecule has 2 heteroatoms. The topological polar surface area (TPSA) is 3.24 Å². The molecule has 0 bridgehead atoms. The first-order valence-corrected chi connectivity index (χ1v) is 4.19. The zero-order chi connectivity index (χ0) is 4.57. The maximum atomic E-state index is 2.38. The summed E-state index contributed by atoms with van der Waals surface area (Å²) in [5, 5.41) is 0. The summed E-state index contributed by atoms with van der Waals surface area (Å²) in [6.45, 7) is 0. The minimum Gasteiger partial charge on any atom is -0.188 e. The van der Waals surface area contributed by atoms with Crippen molar-refractivity contribution in [3.05, 3.63) is 0 Å². The van der Waals surface area contributed by atoms with E-state index < -0.39 is 0 Å². The Morgan fingerprint density at radius 2 is 1.83 bits per heavy atom. The molecule has 0 aromatic rings. The van der Waals surface area contributed by atoms with Gasteiger partial charge in [0.25, 0.3) is 0 Å². The van der Waals surface area contributed by atoms with Crippen LogP contribution in [0.15, 0.2) is 0 Å². The Morgan fingerprint density at radius 1 is 1.33 bits per heavy atom. The van der Waals surface area contributed by atoms with Gasteiger partial charge < -0.3 is 0 Å². The average Bonchev–Trinajstić information content (AvgIpc) is 2.06. The van der Waals surface area contributed by atoms with E-state index in [-0.39, 0.29) is 8.07 Å². The highest BCUT2D eigenvalue weighted by molar-refractivity contribution is 7.62. The van der Waals surface area contributed by atoms with E-state index in [1.807, 2.05) is 0 Å². The highest BCUT2D eigenvalue weighted by atomic mass is 31.1. The van der Waals surface area contributed by atoms with Crippen LogP contribution >= 0.6 is 8.07 Å². The number of nitrogens with zero attached hydrogens (tertiary/aromatic N) is 1. The maximum absolute atomic E-state index is 2.38. The minimum atomic E-state index is 0.132. The van der Waals surface area contributed by atoms with Crippen LogP contribution in [0.2, 0.25) is 0 Å². The van der Waals surface area contributed by atoms with Crippen LogP contribution in [0.3, 0.4) is 0 Å². The smallest absolute Gasteiger partial charge is 0.108 e. The molecule has 0 aliphatic carbocycles. The monoisotopic (exact) mass is 104 g/mol. The summed E-state index contributed by atoms with van der Waals surface area (Å²) in [5.74, 6) is 0. The van der Waals surface area contributed by atoms with Crippen LogP contribution < -0.4 is 0 Å². The van der Waals surface area contributed by atoms with Gasteiger partial charge in [0.15, 0.2) is 0 Å². The second-order valence-corrected chi connectivity index (χ2v) is 4.99. The molecule has 36 valence electrons. The Kier molecular flexibility index (Phi) is 1.12. The Labute approximate surface area is 40.1 Å². The highest BCUT2D eigenvalue weighted by Gasteiger charge is 2.33. The molecule has 1 heterocycles. The van der Waals surface area contributed by atoms with E-state index in [0.29, 0.717) is 0 Å². The molecule has 6 heavy (non-hydrogen) atoms. The molecular formula is C4H11NP+. The third-order valence-corrected chi connectivity index (χ3v) is 3.32. The fourth-order valence-electron chi connectivity index (χ4n) is 0.503. The van der Waals surface area contributed by atoms with E-state index in [1.54, 1.807) is 0 Å². The Hall–Kier alpha value is 0.390. The SMILES string of the molecule is CN(C)[PH+]1CC1. The molecule has 0 spiro atoms. The summed E-state index contributed by atoms with van der Waals surface area (Å²) in [5.41, 5.74) is 0. The molecule has 1 rings (SSSR count). The molecule has 0 N–H and O–H groups in total. The van der Waals surface area contributed by atoms with E-state index in [9.17, 15) is 0 Å². The van der Waals surface area contributed by atoms with Crippen molar-refractivity contribution in [2.24, 2.45) is 0 Å². The van der Waals surface area contributed by atoms with Crippen LogP contribution in [0.25, 0.3) is 0 Å². The fraction of sp³-hybridized carbons (Fsp3) is 1.00. The molecule has 0 atom stereocenters. The van der Waals surface area contributed by atoms with Gasteiger partial charge in [-0.25, -0.2) is 0 Å². The van der Waals surface area contributed by atoms with Crippen molar-refractivity contribution in [3.63, 3.8) is 0 Å². The molecule has 0 aromatic heterocycles. The molecule has 1 aliphatic rings. The van der Waals surface area contributed by atoms with E-state index in [2.05, 4.69) is 18.8 Å². The lowest BCUT2D eigenvalue weighted by Crippen LogP contribution is -1.95. The van der Waals surface area contributed by atoms with Crippen LogP contribution in [-0.4, -0.2) is 31.1 Å². The van der Waals surface area contributed by atoms with Crippen molar-refractivity contribution >= 4 is 8.07 Å². The standard InChI is InChI=1S/C4H10NP/c1-5(2)6-3-4-6/h3-4H2,1-2H3/p+1. The molecule has 1 fully saturated rings. The zero-order valence-electron chi connectivity index (χ0n) is 4.36. The minimum absolute atomic E-state index is 0.132. The third-order valence-electron chi connectivity index (χ3n) is 1.11. The molecule has 0 amide bonds. The summed E-state index contributed by atoms with van der Waals surface area (Å²) >= 11 is 0. The predicted molar refractivity (Wildman–Crippen MR) is 31.7 cm³/mol. The van der Waals surface area contributed by atoms with Crippen LogP contribution in [0.1, 0.15) is 0 Å². The van der Waals surface area contributed by atoms with Crippen LogP contribution in [0.4, 0.5) is 0 Å². The van der Waals surface area contributed by atoms with Crippen LogP contribution in [0, 0.1) is 0 Å². The summed E-state index contributed by atoms with van der Waals surface area (Å²) in [4.78, 5) is 0. The van der Waals surface area contributed by atoms with Crippen molar-refractivity contribution in [1.29, 1.82) is 0 Å². The van der Waals surface area contributed by atoms with Crippen molar-refractivity contribution in [1.82, 2.24) is 4.67 Å². The molecule has 1 saturated heterocycles. The van der Waals surface area contributed by atoms with Crippen molar-refractivity contribution in [2.75, 3.05) is 26.4 Å². The van der Waals surface area contributed by atoms with Crippen LogP contribution in [-0.2, 0) is 0 Å². The average molecular weight is 104 g/mol. The predicted octanol–water partition coefficient (Wildman–Crippen LogP) is 0.691. The van der Waals surface area contributed by atoms with E-state index in [4.69, 9.17) is 0 Å². The molecule has 1 nitrogen and oxygen atoms in total. The molecule has 0 radical (unpaired) electrons. The third kappa shape index (κ3) is 0.924. The normalized spacial score (nSPS) is 22.5. The quantitative estimate of drug-likeness (QED) is 0.442. The molecule has 0 unspecified atom stereocenters. The van der Waals surface area contributed by atoms with Crippen molar-refractivity contribution in [3.8, 4) is 0 Å². The Balaban J connectivity index is 2.13. The number of hydrogen-bond donors (Lipinski definition) is 0. The highest BCUT2D eigenvalue weighted by Crippen LogP contribution is 2.51. The van der Waals surface area contributed by atoms with E-state index in [0.717, 1.165) is 0 Å². The van der Waals surface area contributed by atoms with Crippen LogP contribution in [0.5, 0.6) is 0 Å². The Bertz CT molecular complexity index is 49.5. The lowest BCUT2D eigenvalue weighted by molar-refractivity contribution is 0.691. The van der Waals surface area contributed by atoms with Gasteiger partial charge in [0, 0.05) is 14.1 Å². The van der Waals surface area contributed by atoms with Crippen molar-refractivity contribution in [2.45, 2.75) is 0 Å². The van der Waals surface area contributed by atoms with E-state index >= 15 is 0 Å². The summed E-state index contributed by atoms with van der Waals surface area (Å²) < 4.78 is 2.38. The maximum Gasteiger partial charge on any atom is 0.108 e. The van der Waals surface area contributed by atoms with Gasteiger partial charge in [-0.3, -0.25) is 0 Å². The molecule has 0 aromatic carbocycles. The molecular weight excluding hydrogens is 93.0 g/mol. The first-order chi connectivity index (χ1) is 2.80. The largest absolute Gasteiger partial charge is 0.188 e. The van der Waals surface area contributed by atoms with Gasteiger partial charge in [0.1, 0.15) is 12.3 Å². The van der Waals surface area contributed by atoms with Gasteiger partial charge in [-0.05, 0) is 0 Å². The van der Waals surface area contributed by atoms with Gasteiger partial charge in [0.05, 0.1) is 8.07 Å². The van der Waals surface area contributed by atoms with Gasteiger partial charge >= 0.3 is 0 Å². The first kappa shape index (κ1) is 4.55. The van der Waals surface area contributed by atoms with Crippen molar-refractivity contribution < 1.29 is 0 Å². The summed E-state index contributed by atoms with van der Waals surface area (Å²) in [6, 6.07) is 0. The summed E-state index contributed by atoms with van der Waals surface area (Å²) in [6.07, 6.45) is 3.05. The lowest BCUT2D eigenvalue weighted by atomic mass is 11.0.